The number of anilines is 1. The summed E-state index contributed by atoms with van der Waals surface area (Å²) in [5.74, 6) is -0.527. The summed E-state index contributed by atoms with van der Waals surface area (Å²) in [4.78, 5) is 16.5. The molecular weight excluding hydrogens is 248 g/mol. The SMILES string of the molecule is Cc1ccsc1CNc1nccc(C)c1C(=O)O. The van der Waals surface area contributed by atoms with Crippen LogP contribution in [0, 0.1) is 13.8 Å². The first-order chi connectivity index (χ1) is 8.59. The number of pyridine rings is 1. The molecule has 18 heavy (non-hydrogen) atoms. The number of carbonyl (C=O) groups is 1. The Kier molecular flexibility index (Phi) is 3.62. The first-order valence-electron chi connectivity index (χ1n) is 5.55. The van der Waals surface area contributed by atoms with Crippen molar-refractivity contribution in [3.8, 4) is 0 Å². The molecule has 5 heteroatoms. The molecule has 2 N–H and O–H groups in total. The highest BCUT2D eigenvalue weighted by atomic mass is 32.1. The lowest BCUT2D eigenvalue weighted by Gasteiger charge is -2.10. The summed E-state index contributed by atoms with van der Waals surface area (Å²) in [5, 5.41) is 14.3. The molecule has 0 amide bonds. The van der Waals surface area contributed by atoms with Crippen molar-refractivity contribution in [1.29, 1.82) is 0 Å². The zero-order valence-corrected chi connectivity index (χ0v) is 11.0. The van der Waals surface area contributed by atoms with Gasteiger partial charge in [0.1, 0.15) is 11.4 Å². The summed E-state index contributed by atoms with van der Waals surface area (Å²) in [6.07, 6.45) is 1.62. The number of carboxylic acids is 1. The van der Waals surface area contributed by atoms with Crippen molar-refractivity contribution in [3.05, 3.63) is 45.3 Å². The predicted octanol–water partition coefficient (Wildman–Crippen LogP) is 3.07. The standard InChI is InChI=1S/C13H14N2O2S/c1-8-4-6-18-10(8)7-15-12-11(13(16)17)9(2)3-5-14-12/h3-6H,7H2,1-2H3,(H,14,15)(H,16,17). The minimum absolute atomic E-state index is 0.242. The van der Waals surface area contributed by atoms with E-state index in [1.165, 1.54) is 10.4 Å². The zero-order chi connectivity index (χ0) is 13.1. The van der Waals surface area contributed by atoms with Crippen molar-refractivity contribution < 1.29 is 9.90 Å². The van der Waals surface area contributed by atoms with Gasteiger partial charge in [0.05, 0.1) is 6.54 Å². The van der Waals surface area contributed by atoms with Gasteiger partial charge in [0.25, 0.3) is 0 Å². The van der Waals surface area contributed by atoms with Crippen LogP contribution in [0.25, 0.3) is 0 Å². The van der Waals surface area contributed by atoms with Gasteiger partial charge in [-0.2, -0.15) is 0 Å². The minimum Gasteiger partial charge on any atom is -0.478 e. The number of rotatable bonds is 4. The number of thiophene rings is 1. The molecule has 0 radical (unpaired) electrons. The third kappa shape index (κ3) is 2.51. The van der Waals surface area contributed by atoms with Crippen molar-refractivity contribution in [1.82, 2.24) is 4.98 Å². The Morgan fingerprint density at radius 2 is 2.17 bits per heavy atom. The van der Waals surface area contributed by atoms with Gasteiger partial charge in [-0.05, 0) is 42.5 Å². The Hall–Kier alpha value is -1.88. The average molecular weight is 262 g/mol. The number of nitrogens with zero attached hydrogens (tertiary/aromatic N) is 1. The van der Waals surface area contributed by atoms with E-state index in [9.17, 15) is 9.90 Å². The Balaban J connectivity index is 2.22. The van der Waals surface area contributed by atoms with Crippen LogP contribution < -0.4 is 5.32 Å². The zero-order valence-electron chi connectivity index (χ0n) is 10.2. The lowest BCUT2D eigenvalue weighted by molar-refractivity contribution is 0.0697. The van der Waals surface area contributed by atoms with Crippen molar-refractivity contribution in [3.63, 3.8) is 0 Å². The lowest BCUT2D eigenvalue weighted by Crippen LogP contribution is -2.09. The molecular formula is C13H14N2O2S. The molecule has 0 saturated carbocycles. The van der Waals surface area contributed by atoms with E-state index in [1.807, 2.05) is 18.4 Å². The number of nitrogens with one attached hydrogen (secondary N) is 1. The van der Waals surface area contributed by atoms with Crippen LogP contribution in [-0.4, -0.2) is 16.1 Å². The largest absolute Gasteiger partial charge is 0.478 e. The molecule has 2 rings (SSSR count). The van der Waals surface area contributed by atoms with Crippen molar-refractivity contribution in [2.75, 3.05) is 5.32 Å². The van der Waals surface area contributed by atoms with Gasteiger partial charge in [-0.15, -0.1) is 11.3 Å². The third-order valence-electron chi connectivity index (χ3n) is 2.76. The predicted molar refractivity (Wildman–Crippen MR) is 72.3 cm³/mol. The van der Waals surface area contributed by atoms with Gasteiger partial charge in [-0.3, -0.25) is 0 Å². The van der Waals surface area contributed by atoms with Gasteiger partial charge in [-0.25, -0.2) is 9.78 Å². The van der Waals surface area contributed by atoms with E-state index in [2.05, 4.69) is 10.3 Å². The smallest absolute Gasteiger partial charge is 0.339 e. The summed E-state index contributed by atoms with van der Waals surface area (Å²) in [6.45, 7) is 4.40. The lowest BCUT2D eigenvalue weighted by atomic mass is 10.1. The van der Waals surface area contributed by atoms with Gasteiger partial charge in [-0.1, -0.05) is 0 Å². The van der Waals surface area contributed by atoms with Gasteiger partial charge in [0, 0.05) is 11.1 Å². The van der Waals surface area contributed by atoms with Crippen LogP contribution in [0.4, 0.5) is 5.82 Å². The summed E-state index contributed by atoms with van der Waals surface area (Å²) in [5.41, 5.74) is 2.16. The molecule has 0 saturated heterocycles. The number of carboxylic acid groups (broad SMARTS) is 1. The van der Waals surface area contributed by atoms with Crippen LogP contribution in [0.3, 0.4) is 0 Å². The maximum atomic E-state index is 11.2. The minimum atomic E-state index is -0.953. The number of aromatic nitrogens is 1. The van der Waals surface area contributed by atoms with Crippen molar-refractivity contribution >= 4 is 23.1 Å². The fourth-order valence-corrected chi connectivity index (χ4v) is 2.56. The Bertz CT molecular complexity index is 578. The number of aryl methyl sites for hydroxylation is 2. The third-order valence-corrected chi connectivity index (χ3v) is 3.78. The Labute approximate surface area is 109 Å². The summed E-state index contributed by atoms with van der Waals surface area (Å²) in [6, 6.07) is 3.74. The second-order valence-electron chi connectivity index (χ2n) is 4.04. The molecule has 0 aliphatic carbocycles. The van der Waals surface area contributed by atoms with Crippen molar-refractivity contribution in [2.24, 2.45) is 0 Å². The Morgan fingerprint density at radius 1 is 1.39 bits per heavy atom. The summed E-state index contributed by atoms with van der Waals surface area (Å²) >= 11 is 1.65. The maximum Gasteiger partial charge on any atom is 0.339 e. The number of hydrogen-bond donors (Lipinski definition) is 2. The highest BCUT2D eigenvalue weighted by Crippen LogP contribution is 2.20. The molecule has 94 valence electrons. The van der Waals surface area contributed by atoms with Gasteiger partial charge >= 0.3 is 5.97 Å². The first-order valence-corrected chi connectivity index (χ1v) is 6.43. The Morgan fingerprint density at radius 3 is 2.78 bits per heavy atom. The van der Waals surface area contributed by atoms with Gasteiger partial charge < -0.3 is 10.4 Å². The molecule has 0 atom stereocenters. The molecule has 4 nitrogen and oxygen atoms in total. The van der Waals surface area contributed by atoms with E-state index in [1.54, 1.807) is 30.5 Å². The topological polar surface area (TPSA) is 62.2 Å². The average Bonchev–Trinajstić information content (AvgIpc) is 2.71. The number of aromatic carboxylic acids is 1. The van der Waals surface area contributed by atoms with E-state index in [4.69, 9.17) is 0 Å². The molecule has 0 unspecified atom stereocenters. The number of hydrogen-bond acceptors (Lipinski definition) is 4. The van der Waals surface area contributed by atoms with E-state index in [-0.39, 0.29) is 5.56 Å². The van der Waals surface area contributed by atoms with E-state index < -0.39 is 5.97 Å². The molecule has 0 bridgehead atoms. The van der Waals surface area contributed by atoms with Crippen LogP contribution in [0.1, 0.15) is 26.4 Å². The van der Waals surface area contributed by atoms with Gasteiger partial charge in [0.15, 0.2) is 0 Å². The molecule has 2 aromatic rings. The highest BCUT2D eigenvalue weighted by Gasteiger charge is 2.14. The normalized spacial score (nSPS) is 10.3. The second-order valence-corrected chi connectivity index (χ2v) is 5.04. The van der Waals surface area contributed by atoms with Crippen LogP contribution in [0.5, 0.6) is 0 Å². The quantitative estimate of drug-likeness (QED) is 0.889. The van der Waals surface area contributed by atoms with Crippen LogP contribution >= 0.6 is 11.3 Å². The van der Waals surface area contributed by atoms with Crippen LogP contribution in [0.15, 0.2) is 23.7 Å². The summed E-state index contributed by atoms with van der Waals surface area (Å²) < 4.78 is 0. The van der Waals surface area contributed by atoms with Crippen LogP contribution in [0.2, 0.25) is 0 Å². The van der Waals surface area contributed by atoms with Gasteiger partial charge in [0.2, 0.25) is 0 Å². The van der Waals surface area contributed by atoms with E-state index in [0.29, 0.717) is 17.9 Å². The molecule has 0 aliphatic rings. The molecule has 0 aromatic carbocycles. The van der Waals surface area contributed by atoms with Crippen molar-refractivity contribution in [2.45, 2.75) is 20.4 Å². The monoisotopic (exact) mass is 262 g/mol. The van der Waals surface area contributed by atoms with E-state index >= 15 is 0 Å². The molecule has 2 aromatic heterocycles. The highest BCUT2D eigenvalue weighted by molar-refractivity contribution is 7.10. The maximum absolute atomic E-state index is 11.2. The first kappa shape index (κ1) is 12.6. The fourth-order valence-electron chi connectivity index (χ4n) is 1.71. The second kappa shape index (κ2) is 5.18. The van der Waals surface area contributed by atoms with Crippen LogP contribution in [-0.2, 0) is 6.54 Å². The molecule has 0 aliphatic heterocycles. The molecule has 0 spiro atoms. The molecule has 0 fully saturated rings. The summed E-state index contributed by atoms with van der Waals surface area (Å²) in [7, 11) is 0. The molecule has 2 heterocycles. The fraction of sp³-hybridized carbons (Fsp3) is 0.231. The van der Waals surface area contributed by atoms with E-state index in [0.717, 1.165) is 0 Å².